The normalized spacial score (nSPS) is 18.8. The second-order valence-corrected chi connectivity index (χ2v) is 6.02. The van der Waals surface area contributed by atoms with Gasteiger partial charge in [-0.1, -0.05) is 24.3 Å². The van der Waals surface area contributed by atoms with Crippen LogP contribution in [0.5, 0.6) is 11.5 Å². The van der Waals surface area contributed by atoms with Gasteiger partial charge in [0.05, 0.1) is 18.8 Å². The first kappa shape index (κ1) is 13.8. The van der Waals surface area contributed by atoms with Crippen LogP contribution in [0.1, 0.15) is 31.0 Å². The fourth-order valence-electron chi connectivity index (χ4n) is 2.87. The van der Waals surface area contributed by atoms with Gasteiger partial charge < -0.3 is 14.8 Å². The molecule has 0 aromatic heterocycles. The molecule has 2 aromatic rings. The van der Waals surface area contributed by atoms with Crippen molar-refractivity contribution in [2.24, 2.45) is 0 Å². The van der Waals surface area contributed by atoms with Gasteiger partial charge in [-0.15, -0.1) is 0 Å². The Labute approximate surface area is 125 Å². The highest BCUT2D eigenvalue weighted by atomic mass is 16.5. The molecule has 1 N–H and O–H groups in total. The average Bonchev–Trinajstić information content (AvgIpc) is 2.70. The van der Waals surface area contributed by atoms with E-state index in [0.717, 1.165) is 17.2 Å². The summed E-state index contributed by atoms with van der Waals surface area (Å²) in [5.74, 6) is 1.80. The standard InChI is InChI=1S/C18H21NO2/c1-12-9-10-16(20-4)14(11-12)19-17-13-7-5-6-8-15(13)21-18(17,2)3/h5-11,17,19H,1-4H3. The summed E-state index contributed by atoms with van der Waals surface area (Å²) in [7, 11) is 1.69. The van der Waals surface area contributed by atoms with Crippen LogP contribution in [-0.2, 0) is 0 Å². The predicted octanol–water partition coefficient (Wildman–Crippen LogP) is 4.33. The molecule has 3 nitrogen and oxygen atoms in total. The van der Waals surface area contributed by atoms with Crippen molar-refractivity contribution in [3.63, 3.8) is 0 Å². The third-order valence-corrected chi connectivity index (χ3v) is 3.95. The van der Waals surface area contributed by atoms with Crippen LogP contribution in [0.2, 0.25) is 0 Å². The molecule has 0 saturated heterocycles. The molecule has 3 heteroatoms. The van der Waals surface area contributed by atoms with Crippen molar-refractivity contribution in [2.45, 2.75) is 32.4 Å². The molecule has 0 spiro atoms. The first-order chi connectivity index (χ1) is 10.0. The minimum absolute atomic E-state index is 0.0874. The summed E-state index contributed by atoms with van der Waals surface area (Å²) >= 11 is 0. The Hall–Kier alpha value is -2.16. The largest absolute Gasteiger partial charge is 0.495 e. The maximum absolute atomic E-state index is 6.08. The number of anilines is 1. The molecule has 0 aliphatic carbocycles. The van der Waals surface area contributed by atoms with Crippen LogP contribution in [-0.4, -0.2) is 12.7 Å². The van der Waals surface area contributed by atoms with Crippen molar-refractivity contribution < 1.29 is 9.47 Å². The zero-order valence-corrected chi connectivity index (χ0v) is 12.9. The Balaban J connectivity index is 1.99. The number of para-hydroxylation sites is 1. The summed E-state index contributed by atoms with van der Waals surface area (Å²) in [6.45, 7) is 6.29. The lowest BCUT2D eigenvalue weighted by molar-refractivity contribution is 0.118. The lowest BCUT2D eigenvalue weighted by atomic mass is 9.94. The van der Waals surface area contributed by atoms with Crippen LogP contribution < -0.4 is 14.8 Å². The molecule has 1 aliphatic rings. The summed E-state index contributed by atoms with van der Waals surface area (Å²) in [5, 5.41) is 3.60. The maximum Gasteiger partial charge on any atom is 0.141 e. The Morgan fingerprint density at radius 2 is 1.90 bits per heavy atom. The van der Waals surface area contributed by atoms with Crippen LogP contribution >= 0.6 is 0 Å². The number of methoxy groups -OCH3 is 1. The number of aryl methyl sites for hydroxylation is 1. The van der Waals surface area contributed by atoms with E-state index >= 15 is 0 Å². The number of ether oxygens (including phenoxy) is 2. The quantitative estimate of drug-likeness (QED) is 0.909. The maximum atomic E-state index is 6.08. The molecule has 110 valence electrons. The Bertz CT molecular complexity index is 664. The van der Waals surface area contributed by atoms with E-state index in [0.29, 0.717) is 0 Å². The molecule has 21 heavy (non-hydrogen) atoms. The summed E-state index contributed by atoms with van der Waals surface area (Å²) in [6.07, 6.45) is 0. The van der Waals surface area contributed by atoms with E-state index < -0.39 is 0 Å². The second-order valence-electron chi connectivity index (χ2n) is 6.02. The molecule has 0 fully saturated rings. The Morgan fingerprint density at radius 3 is 2.67 bits per heavy atom. The van der Waals surface area contributed by atoms with Crippen molar-refractivity contribution in [3.05, 3.63) is 53.6 Å². The van der Waals surface area contributed by atoms with Gasteiger partial charge in [0.1, 0.15) is 17.1 Å². The fraction of sp³-hybridized carbons (Fsp3) is 0.333. The molecular weight excluding hydrogens is 262 g/mol. The molecular formula is C18H21NO2. The fourth-order valence-corrected chi connectivity index (χ4v) is 2.87. The van der Waals surface area contributed by atoms with Gasteiger partial charge in [-0.2, -0.15) is 0 Å². The highest BCUT2D eigenvalue weighted by molar-refractivity contribution is 5.61. The minimum Gasteiger partial charge on any atom is -0.495 e. The van der Waals surface area contributed by atoms with E-state index in [4.69, 9.17) is 9.47 Å². The van der Waals surface area contributed by atoms with E-state index in [1.807, 2.05) is 30.3 Å². The van der Waals surface area contributed by atoms with E-state index in [1.54, 1.807) is 7.11 Å². The minimum atomic E-state index is -0.307. The van der Waals surface area contributed by atoms with Crippen molar-refractivity contribution in [1.82, 2.24) is 0 Å². The number of fused-ring (bicyclic) bond motifs is 1. The Kier molecular flexibility index (Phi) is 3.28. The summed E-state index contributed by atoms with van der Waals surface area (Å²) in [6, 6.07) is 14.4. The van der Waals surface area contributed by atoms with Crippen LogP contribution in [0, 0.1) is 6.92 Å². The molecule has 0 radical (unpaired) electrons. The molecule has 0 bridgehead atoms. The van der Waals surface area contributed by atoms with Gasteiger partial charge in [0, 0.05) is 5.56 Å². The zero-order chi connectivity index (χ0) is 15.0. The van der Waals surface area contributed by atoms with Crippen LogP contribution in [0.4, 0.5) is 5.69 Å². The van der Waals surface area contributed by atoms with E-state index in [1.165, 1.54) is 11.1 Å². The monoisotopic (exact) mass is 283 g/mol. The third kappa shape index (κ3) is 2.44. The van der Waals surface area contributed by atoms with Gasteiger partial charge in [-0.25, -0.2) is 0 Å². The van der Waals surface area contributed by atoms with Gasteiger partial charge >= 0.3 is 0 Å². The predicted molar refractivity (Wildman–Crippen MR) is 85.2 cm³/mol. The van der Waals surface area contributed by atoms with Crippen molar-refractivity contribution in [2.75, 3.05) is 12.4 Å². The van der Waals surface area contributed by atoms with Crippen molar-refractivity contribution in [3.8, 4) is 11.5 Å². The van der Waals surface area contributed by atoms with Gasteiger partial charge in [0.25, 0.3) is 0 Å². The van der Waals surface area contributed by atoms with Crippen LogP contribution in [0.15, 0.2) is 42.5 Å². The number of nitrogens with one attached hydrogen (secondary N) is 1. The highest BCUT2D eigenvalue weighted by Crippen LogP contribution is 2.45. The Morgan fingerprint density at radius 1 is 1.14 bits per heavy atom. The molecule has 0 saturated carbocycles. The zero-order valence-electron chi connectivity index (χ0n) is 12.9. The van der Waals surface area contributed by atoms with Crippen LogP contribution in [0.25, 0.3) is 0 Å². The highest BCUT2D eigenvalue weighted by Gasteiger charge is 2.41. The molecule has 1 aliphatic heterocycles. The van der Waals surface area contributed by atoms with Crippen LogP contribution in [0.3, 0.4) is 0 Å². The summed E-state index contributed by atoms with van der Waals surface area (Å²) < 4.78 is 11.5. The lowest BCUT2D eigenvalue weighted by Crippen LogP contribution is -2.34. The first-order valence-corrected chi connectivity index (χ1v) is 7.20. The molecule has 3 rings (SSSR count). The van der Waals surface area contributed by atoms with Gasteiger partial charge in [0.2, 0.25) is 0 Å². The van der Waals surface area contributed by atoms with E-state index in [9.17, 15) is 0 Å². The third-order valence-electron chi connectivity index (χ3n) is 3.95. The number of hydrogen-bond donors (Lipinski definition) is 1. The van der Waals surface area contributed by atoms with Crippen molar-refractivity contribution in [1.29, 1.82) is 0 Å². The smallest absolute Gasteiger partial charge is 0.141 e. The summed E-state index contributed by atoms with van der Waals surface area (Å²) in [4.78, 5) is 0. The SMILES string of the molecule is COc1ccc(C)cc1NC1c2ccccc2OC1(C)C. The average molecular weight is 283 g/mol. The number of benzene rings is 2. The molecule has 1 heterocycles. The number of hydrogen-bond acceptors (Lipinski definition) is 3. The topological polar surface area (TPSA) is 30.5 Å². The molecule has 1 unspecified atom stereocenters. The van der Waals surface area contributed by atoms with Gasteiger partial charge in [-0.3, -0.25) is 0 Å². The second kappa shape index (κ2) is 4.99. The molecule has 1 atom stereocenters. The first-order valence-electron chi connectivity index (χ1n) is 7.20. The molecule has 2 aromatic carbocycles. The lowest BCUT2D eigenvalue weighted by Gasteiger charge is -2.28. The number of rotatable bonds is 3. The van der Waals surface area contributed by atoms with E-state index in [2.05, 4.69) is 38.2 Å². The molecule has 0 amide bonds. The van der Waals surface area contributed by atoms with E-state index in [-0.39, 0.29) is 11.6 Å². The summed E-state index contributed by atoms with van der Waals surface area (Å²) in [5.41, 5.74) is 3.07. The van der Waals surface area contributed by atoms with Gasteiger partial charge in [-0.05, 0) is 44.5 Å². The van der Waals surface area contributed by atoms with Gasteiger partial charge in [0.15, 0.2) is 0 Å². The van der Waals surface area contributed by atoms with Crippen molar-refractivity contribution >= 4 is 5.69 Å².